The van der Waals surface area contributed by atoms with Crippen LogP contribution in [0.5, 0.6) is 0 Å². The molecule has 10 heteroatoms. The number of ether oxygens (including phenoxy) is 2. The van der Waals surface area contributed by atoms with E-state index in [9.17, 15) is 9.59 Å². The summed E-state index contributed by atoms with van der Waals surface area (Å²) in [4.78, 5) is 28.6. The zero-order valence-corrected chi connectivity index (χ0v) is 27.5. The lowest BCUT2D eigenvalue weighted by atomic mass is 9.77. The van der Waals surface area contributed by atoms with Gasteiger partial charge in [0.25, 0.3) is 0 Å². The van der Waals surface area contributed by atoms with Crippen LogP contribution in [0.4, 0.5) is 0 Å². The lowest BCUT2D eigenvalue weighted by Crippen LogP contribution is -2.13. The van der Waals surface area contributed by atoms with Crippen LogP contribution in [0.15, 0.2) is 24.3 Å². The molecule has 2 fully saturated rings. The zero-order valence-electron chi connectivity index (χ0n) is 27.5. The van der Waals surface area contributed by atoms with Gasteiger partial charge in [0.15, 0.2) is 11.6 Å². The topological polar surface area (TPSA) is 125 Å². The summed E-state index contributed by atoms with van der Waals surface area (Å²) in [6, 6.07) is 8.05. The standard InChI is InChI=1S/C18H23N3O2.C17H21N3O2.CH4/c1-5-16-19-20-17(21(16)3)15-10-13(18(22)23-4)11(2)9-14(15)12-7-6-8-12;1-4-15-18-16(20-19-15)14-9-12(17(21)22-3)10(2)8-13(14)11-6-5-7-11;/h9-10,12H,5-8H2,1-4H3;8-9,11H,4-7H2,1-3H3,(H,18,19,20);1H4. The monoisotopic (exact) mass is 628 g/mol. The summed E-state index contributed by atoms with van der Waals surface area (Å²) in [6.45, 7) is 8.02. The largest absolute Gasteiger partial charge is 0.465 e. The molecule has 1 N–H and O–H groups in total. The van der Waals surface area contributed by atoms with Gasteiger partial charge in [0, 0.05) is 31.0 Å². The third-order valence-electron chi connectivity index (χ3n) is 9.32. The number of hydrogen-bond acceptors (Lipinski definition) is 8. The molecule has 0 saturated heterocycles. The van der Waals surface area contributed by atoms with E-state index in [0.717, 1.165) is 52.6 Å². The number of carbonyl (C=O) groups is 2. The van der Waals surface area contributed by atoms with E-state index < -0.39 is 0 Å². The number of carbonyl (C=O) groups excluding carboxylic acids is 2. The Morgan fingerprint density at radius 3 is 1.76 bits per heavy atom. The van der Waals surface area contributed by atoms with Crippen molar-refractivity contribution in [1.82, 2.24) is 29.9 Å². The molecule has 2 heterocycles. The van der Waals surface area contributed by atoms with E-state index in [0.29, 0.717) is 28.8 Å². The van der Waals surface area contributed by atoms with Gasteiger partial charge in [-0.25, -0.2) is 14.6 Å². The van der Waals surface area contributed by atoms with Crippen LogP contribution >= 0.6 is 0 Å². The number of nitrogens with zero attached hydrogens (tertiary/aromatic N) is 5. The summed E-state index contributed by atoms with van der Waals surface area (Å²) in [5.74, 6) is 3.78. The normalized spacial score (nSPS) is 14.3. The Morgan fingerprint density at radius 2 is 1.35 bits per heavy atom. The number of aromatic amines is 1. The van der Waals surface area contributed by atoms with Gasteiger partial charge in [-0.05, 0) is 85.8 Å². The van der Waals surface area contributed by atoms with Crippen LogP contribution in [0.3, 0.4) is 0 Å². The fourth-order valence-electron chi connectivity index (χ4n) is 6.10. The lowest BCUT2D eigenvalue weighted by Gasteiger charge is -2.28. The first-order valence-electron chi connectivity index (χ1n) is 16.0. The van der Waals surface area contributed by atoms with Crippen LogP contribution < -0.4 is 0 Å². The van der Waals surface area contributed by atoms with Gasteiger partial charge in [-0.1, -0.05) is 46.2 Å². The van der Waals surface area contributed by atoms with Crippen molar-refractivity contribution < 1.29 is 19.1 Å². The number of esters is 2. The molecule has 0 atom stereocenters. The molecule has 4 aromatic rings. The third-order valence-corrected chi connectivity index (χ3v) is 9.32. The Bertz CT molecular complexity index is 1700. The molecule has 2 aromatic carbocycles. The quantitative estimate of drug-likeness (QED) is 0.200. The first-order chi connectivity index (χ1) is 21.7. The van der Waals surface area contributed by atoms with Crippen molar-refractivity contribution in [1.29, 1.82) is 0 Å². The maximum atomic E-state index is 12.1. The summed E-state index contributed by atoms with van der Waals surface area (Å²) in [5, 5.41) is 15.9. The number of rotatable bonds is 8. The van der Waals surface area contributed by atoms with Crippen LogP contribution in [-0.4, -0.2) is 56.1 Å². The van der Waals surface area contributed by atoms with Crippen molar-refractivity contribution in [2.45, 2.75) is 98.3 Å². The molecule has 0 amide bonds. The molecule has 0 bridgehead atoms. The van der Waals surface area contributed by atoms with Crippen LogP contribution in [0.25, 0.3) is 22.8 Å². The molecule has 0 unspecified atom stereocenters. The number of aromatic nitrogens is 6. The second kappa shape index (κ2) is 14.8. The fourth-order valence-corrected chi connectivity index (χ4v) is 6.10. The molecule has 2 saturated carbocycles. The highest BCUT2D eigenvalue weighted by Gasteiger charge is 2.28. The molecular weight excluding hydrogens is 580 g/mol. The highest BCUT2D eigenvalue weighted by Crippen LogP contribution is 2.43. The number of methoxy groups -OCH3 is 2. The minimum atomic E-state index is -0.315. The van der Waals surface area contributed by atoms with E-state index in [4.69, 9.17) is 9.47 Å². The number of aryl methyl sites for hydroxylation is 4. The molecule has 2 aliphatic rings. The van der Waals surface area contributed by atoms with Gasteiger partial charge in [0.05, 0.1) is 25.3 Å². The van der Waals surface area contributed by atoms with Crippen molar-refractivity contribution in [3.8, 4) is 22.8 Å². The number of hydrogen-bond donors (Lipinski definition) is 1. The maximum absolute atomic E-state index is 12.1. The second-order valence-electron chi connectivity index (χ2n) is 12.1. The summed E-state index contributed by atoms with van der Waals surface area (Å²) < 4.78 is 11.8. The zero-order chi connectivity index (χ0) is 32.2. The Labute approximate surface area is 272 Å². The average molecular weight is 629 g/mol. The Balaban J connectivity index is 0.000000205. The number of H-pyrrole nitrogens is 1. The van der Waals surface area contributed by atoms with E-state index >= 15 is 0 Å². The summed E-state index contributed by atoms with van der Waals surface area (Å²) in [7, 11) is 4.80. The minimum absolute atomic E-state index is 0. The molecule has 0 radical (unpaired) electrons. The van der Waals surface area contributed by atoms with Crippen molar-refractivity contribution in [2.75, 3.05) is 14.2 Å². The highest BCUT2D eigenvalue weighted by molar-refractivity contribution is 5.93. The molecule has 2 aromatic heterocycles. The van der Waals surface area contributed by atoms with Gasteiger partial charge < -0.3 is 14.0 Å². The summed E-state index contributed by atoms with van der Waals surface area (Å²) >= 11 is 0. The predicted molar refractivity (Wildman–Crippen MR) is 179 cm³/mol. The van der Waals surface area contributed by atoms with Gasteiger partial charge in [-0.3, -0.25) is 5.10 Å². The smallest absolute Gasteiger partial charge is 0.338 e. The van der Waals surface area contributed by atoms with Crippen LogP contribution in [-0.2, 0) is 29.4 Å². The SMILES string of the molecule is C.CCc1nc(-c2cc(C(=O)OC)c(C)cc2C2CCC2)n[nH]1.CCc1nnc(-c2cc(C(=O)OC)c(C)cc2C2CCC2)n1C. The molecule has 10 nitrogen and oxygen atoms in total. The van der Waals surface area contributed by atoms with Crippen LogP contribution in [0.1, 0.15) is 126 Å². The van der Waals surface area contributed by atoms with E-state index in [1.165, 1.54) is 63.9 Å². The van der Waals surface area contributed by atoms with E-state index in [2.05, 4.69) is 44.4 Å². The Kier molecular flexibility index (Phi) is 11.1. The molecule has 46 heavy (non-hydrogen) atoms. The van der Waals surface area contributed by atoms with Crippen molar-refractivity contribution >= 4 is 11.9 Å². The lowest BCUT2D eigenvalue weighted by molar-refractivity contribution is 0.0591. The van der Waals surface area contributed by atoms with E-state index in [1.54, 1.807) is 0 Å². The summed E-state index contributed by atoms with van der Waals surface area (Å²) in [5.41, 5.74) is 7.58. The van der Waals surface area contributed by atoms with Crippen molar-refractivity contribution in [2.24, 2.45) is 7.05 Å². The maximum Gasteiger partial charge on any atom is 0.338 e. The number of nitrogens with one attached hydrogen (secondary N) is 1. The van der Waals surface area contributed by atoms with Crippen molar-refractivity contribution in [3.05, 3.63) is 69.3 Å². The molecule has 6 rings (SSSR count). The Hall–Kier alpha value is -4.34. The fraction of sp³-hybridized carbons (Fsp3) is 0.500. The number of benzene rings is 2. The summed E-state index contributed by atoms with van der Waals surface area (Å²) in [6.07, 6.45) is 8.94. The van der Waals surface area contributed by atoms with Gasteiger partial charge >= 0.3 is 11.9 Å². The van der Waals surface area contributed by atoms with Gasteiger partial charge in [-0.15, -0.1) is 10.2 Å². The first-order valence-corrected chi connectivity index (χ1v) is 16.0. The minimum Gasteiger partial charge on any atom is -0.465 e. The Morgan fingerprint density at radius 1 is 0.826 bits per heavy atom. The van der Waals surface area contributed by atoms with Gasteiger partial charge in [-0.2, -0.15) is 5.10 Å². The second-order valence-corrected chi connectivity index (χ2v) is 12.1. The molecule has 0 spiro atoms. The van der Waals surface area contributed by atoms with Crippen molar-refractivity contribution in [3.63, 3.8) is 0 Å². The molecular formula is C36H48N6O4. The van der Waals surface area contributed by atoms with Gasteiger partial charge in [0.1, 0.15) is 11.6 Å². The molecule has 246 valence electrons. The van der Waals surface area contributed by atoms with Gasteiger partial charge in [0.2, 0.25) is 0 Å². The third kappa shape index (κ3) is 6.76. The average Bonchev–Trinajstić information content (AvgIpc) is 3.61. The van der Waals surface area contributed by atoms with E-state index in [-0.39, 0.29) is 19.4 Å². The predicted octanol–water partition coefficient (Wildman–Crippen LogP) is 7.44. The van der Waals surface area contributed by atoms with Crippen LogP contribution in [0, 0.1) is 13.8 Å². The molecule has 2 aliphatic carbocycles. The van der Waals surface area contributed by atoms with Crippen LogP contribution in [0.2, 0.25) is 0 Å². The molecule has 0 aliphatic heterocycles. The first kappa shape index (κ1) is 34.5. The highest BCUT2D eigenvalue weighted by atomic mass is 16.5. The van der Waals surface area contributed by atoms with E-state index in [1.807, 2.05) is 44.5 Å².